The molecule has 0 aromatic rings. The van der Waals surface area contributed by atoms with Crippen LogP contribution >= 0.6 is 0 Å². The standard InChI is InChI=1S/C9H14O/c1-2-5-8-6-3-4-7-9(8)10/h6H,2-5,7H2,1H3. The zero-order chi connectivity index (χ0) is 7.40. The molecule has 0 aromatic carbocycles. The lowest BCUT2D eigenvalue weighted by molar-refractivity contribution is -0.116. The molecule has 0 aromatic heterocycles. The molecule has 0 atom stereocenters. The van der Waals surface area contributed by atoms with Crippen molar-refractivity contribution in [1.29, 1.82) is 0 Å². The highest BCUT2D eigenvalue weighted by Crippen LogP contribution is 2.17. The Hall–Kier alpha value is -0.590. The van der Waals surface area contributed by atoms with Gasteiger partial charge in [-0.2, -0.15) is 0 Å². The topological polar surface area (TPSA) is 17.1 Å². The largest absolute Gasteiger partial charge is 0.295 e. The second-order valence-corrected chi connectivity index (χ2v) is 2.79. The maximum Gasteiger partial charge on any atom is 0.158 e. The number of carbonyl (C=O) groups excluding carboxylic acids is 1. The lowest BCUT2D eigenvalue weighted by Gasteiger charge is -2.09. The summed E-state index contributed by atoms with van der Waals surface area (Å²) in [6, 6.07) is 0. The first-order valence-corrected chi connectivity index (χ1v) is 4.07. The second kappa shape index (κ2) is 3.55. The summed E-state index contributed by atoms with van der Waals surface area (Å²) in [7, 11) is 0. The van der Waals surface area contributed by atoms with Crippen LogP contribution in [0.2, 0.25) is 0 Å². The molecule has 0 amide bonds. The van der Waals surface area contributed by atoms with E-state index in [2.05, 4.69) is 13.0 Å². The molecule has 0 spiro atoms. The fourth-order valence-electron chi connectivity index (χ4n) is 1.32. The highest BCUT2D eigenvalue weighted by molar-refractivity contribution is 5.95. The van der Waals surface area contributed by atoms with Crippen molar-refractivity contribution in [3.8, 4) is 0 Å². The Morgan fingerprint density at radius 3 is 3.00 bits per heavy atom. The molecule has 0 bridgehead atoms. The van der Waals surface area contributed by atoms with Crippen molar-refractivity contribution in [3.05, 3.63) is 11.6 Å². The lowest BCUT2D eigenvalue weighted by atomic mass is 9.95. The minimum absolute atomic E-state index is 0.383. The molecule has 0 radical (unpaired) electrons. The molecule has 1 aliphatic rings. The first-order valence-electron chi connectivity index (χ1n) is 4.07. The molecule has 1 heteroatoms. The molecule has 0 N–H and O–H groups in total. The van der Waals surface area contributed by atoms with E-state index in [0.29, 0.717) is 5.78 Å². The van der Waals surface area contributed by atoms with Crippen LogP contribution in [0.25, 0.3) is 0 Å². The summed E-state index contributed by atoms with van der Waals surface area (Å²) in [6.45, 7) is 2.11. The zero-order valence-electron chi connectivity index (χ0n) is 6.52. The van der Waals surface area contributed by atoms with E-state index in [1.54, 1.807) is 0 Å². The van der Waals surface area contributed by atoms with E-state index in [1.807, 2.05) is 0 Å². The minimum atomic E-state index is 0.383. The fraction of sp³-hybridized carbons (Fsp3) is 0.667. The third-order valence-electron chi connectivity index (χ3n) is 1.88. The van der Waals surface area contributed by atoms with Crippen molar-refractivity contribution in [1.82, 2.24) is 0 Å². The molecule has 0 fully saturated rings. The molecule has 1 rings (SSSR count). The molecular weight excluding hydrogens is 124 g/mol. The molecule has 10 heavy (non-hydrogen) atoms. The van der Waals surface area contributed by atoms with Gasteiger partial charge in [-0.25, -0.2) is 0 Å². The van der Waals surface area contributed by atoms with Crippen molar-refractivity contribution < 1.29 is 4.79 Å². The first kappa shape index (κ1) is 7.52. The van der Waals surface area contributed by atoms with Gasteiger partial charge in [0, 0.05) is 6.42 Å². The van der Waals surface area contributed by atoms with Gasteiger partial charge < -0.3 is 0 Å². The summed E-state index contributed by atoms with van der Waals surface area (Å²) in [5.74, 6) is 0.383. The van der Waals surface area contributed by atoms with Crippen molar-refractivity contribution >= 4 is 5.78 Å². The maximum atomic E-state index is 11.1. The first-order chi connectivity index (χ1) is 4.84. The van der Waals surface area contributed by atoms with Crippen LogP contribution in [0.15, 0.2) is 11.6 Å². The number of hydrogen-bond acceptors (Lipinski definition) is 1. The predicted octanol–water partition coefficient (Wildman–Crippen LogP) is 2.47. The number of hydrogen-bond donors (Lipinski definition) is 0. The van der Waals surface area contributed by atoms with Gasteiger partial charge in [-0.1, -0.05) is 19.4 Å². The zero-order valence-corrected chi connectivity index (χ0v) is 6.52. The molecule has 56 valence electrons. The van der Waals surface area contributed by atoms with Crippen LogP contribution in [0.5, 0.6) is 0 Å². The molecule has 0 unspecified atom stereocenters. The molecule has 0 heterocycles. The number of Topliss-reactive ketones (excluding diaryl/α,β-unsaturated/α-hetero) is 1. The number of ketones is 1. The van der Waals surface area contributed by atoms with Gasteiger partial charge in [0.25, 0.3) is 0 Å². The SMILES string of the molecule is CCCC1=CCCCC1=O. The summed E-state index contributed by atoms with van der Waals surface area (Å²) in [4.78, 5) is 11.1. The van der Waals surface area contributed by atoms with E-state index in [1.165, 1.54) is 0 Å². The van der Waals surface area contributed by atoms with E-state index in [9.17, 15) is 4.79 Å². The Balaban J connectivity index is 2.53. The summed E-state index contributed by atoms with van der Waals surface area (Å²) >= 11 is 0. The Bertz CT molecular complexity index is 156. The van der Waals surface area contributed by atoms with Crippen molar-refractivity contribution in [2.24, 2.45) is 0 Å². The fourth-order valence-corrected chi connectivity index (χ4v) is 1.32. The third-order valence-corrected chi connectivity index (χ3v) is 1.88. The van der Waals surface area contributed by atoms with Crippen LogP contribution in [0.3, 0.4) is 0 Å². The predicted molar refractivity (Wildman–Crippen MR) is 41.8 cm³/mol. The van der Waals surface area contributed by atoms with Gasteiger partial charge in [0.05, 0.1) is 0 Å². The summed E-state index contributed by atoms with van der Waals surface area (Å²) in [5, 5.41) is 0. The van der Waals surface area contributed by atoms with Gasteiger partial charge in [0.15, 0.2) is 5.78 Å². The van der Waals surface area contributed by atoms with Crippen LogP contribution in [0.4, 0.5) is 0 Å². The van der Waals surface area contributed by atoms with Crippen LogP contribution in [0.1, 0.15) is 39.0 Å². The molecule has 0 saturated heterocycles. The summed E-state index contributed by atoms with van der Waals surface area (Å²) in [6.07, 6.45) is 7.14. The molecule has 1 aliphatic carbocycles. The molecular formula is C9H14O. The second-order valence-electron chi connectivity index (χ2n) is 2.79. The van der Waals surface area contributed by atoms with Crippen LogP contribution in [-0.2, 0) is 4.79 Å². The average Bonchev–Trinajstić information content (AvgIpc) is 1.94. The van der Waals surface area contributed by atoms with Crippen LogP contribution < -0.4 is 0 Å². The Kier molecular flexibility index (Phi) is 2.67. The highest BCUT2D eigenvalue weighted by atomic mass is 16.1. The molecule has 0 aliphatic heterocycles. The Morgan fingerprint density at radius 1 is 1.60 bits per heavy atom. The van der Waals surface area contributed by atoms with E-state index < -0.39 is 0 Å². The number of rotatable bonds is 2. The third kappa shape index (κ3) is 1.69. The van der Waals surface area contributed by atoms with Crippen LogP contribution in [0, 0.1) is 0 Å². The quantitative estimate of drug-likeness (QED) is 0.573. The van der Waals surface area contributed by atoms with E-state index >= 15 is 0 Å². The van der Waals surface area contributed by atoms with Gasteiger partial charge in [0.1, 0.15) is 0 Å². The monoisotopic (exact) mass is 138 g/mol. The average molecular weight is 138 g/mol. The normalized spacial score (nSPS) is 18.9. The Morgan fingerprint density at radius 2 is 2.40 bits per heavy atom. The molecule has 1 nitrogen and oxygen atoms in total. The number of carbonyl (C=O) groups is 1. The van der Waals surface area contributed by atoms with Gasteiger partial charge >= 0.3 is 0 Å². The van der Waals surface area contributed by atoms with Gasteiger partial charge in [-0.15, -0.1) is 0 Å². The van der Waals surface area contributed by atoms with E-state index in [4.69, 9.17) is 0 Å². The lowest BCUT2D eigenvalue weighted by Crippen LogP contribution is -2.06. The smallest absolute Gasteiger partial charge is 0.158 e. The van der Waals surface area contributed by atoms with Gasteiger partial charge in [-0.3, -0.25) is 4.79 Å². The minimum Gasteiger partial charge on any atom is -0.295 e. The molecule has 0 saturated carbocycles. The Labute approximate surface area is 62.1 Å². The van der Waals surface area contributed by atoms with E-state index in [0.717, 1.165) is 37.7 Å². The van der Waals surface area contributed by atoms with Crippen LogP contribution in [-0.4, -0.2) is 5.78 Å². The van der Waals surface area contributed by atoms with E-state index in [-0.39, 0.29) is 0 Å². The van der Waals surface area contributed by atoms with Crippen molar-refractivity contribution in [2.45, 2.75) is 39.0 Å². The van der Waals surface area contributed by atoms with Gasteiger partial charge in [-0.05, 0) is 24.8 Å². The van der Waals surface area contributed by atoms with Crippen molar-refractivity contribution in [3.63, 3.8) is 0 Å². The highest BCUT2D eigenvalue weighted by Gasteiger charge is 2.11. The summed E-state index contributed by atoms with van der Waals surface area (Å²) in [5.41, 5.74) is 1.08. The maximum absolute atomic E-state index is 11.1. The van der Waals surface area contributed by atoms with Gasteiger partial charge in [0.2, 0.25) is 0 Å². The van der Waals surface area contributed by atoms with Crippen molar-refractivity contribution in [2.75, 3.05) is 0 Å². The number of allylic oxidation sites excluding steroid dienone is 2. The summed E-state index contributed by atoms with van der Waals surface area (Å²) < 4.78 is 0.